The molecule has 4 saturated carbocycles. The Morgan fingerprint density at radius 2 is 1.97 bits per heavy atom. The Labute approximate surface area is 176 Å². The van der Waals surface area contributed by atoms with Crippen LogP contribution in [0, 0.1) is 23.2 Å². The maximum Gasteiger partial charge on any atom is 0.279 e. The number of carbonyl (C=O) groups is 2. The monoisotopic (exact) mass is 416 g/mol. The highest BCUT2D eigenvalue weighted by Gasteiger charge is 2.57. The van der Waals surface area contributed by atoms with Crippen molar-refractivity contribution in [2.24, 2.45) is 23.2 Å². The molecule has 2 amide bonds. The van der Waals surface area contributed by atoms with Crippen LogP contribution in [-0.4, -0.2) is 22.5 Å². The van der Waals surface area contributed by atoms with Crippen LogP contribution in [0.25, 0.3) is 0 Å². The van der Waals surface area contributed by atoms with Gasteiger partial charge >= 0.3 is 0 Å². The van der Waals surface area contributed by atoms with E-state index in [1.54, 1.807) is 11.3 Å². The van der Waals surface area contributed by atoms with Gasteiger partial charge in [-0.15, -0.1) is 11.3 Å². The minimum Gasteiger partial charge on any atom is -0.390 e. The highest BCUT2D eigenvalue weighted by Crippen LogP contribution is 2.62. The van der Waals surface area contributed by atoms with Gasteiger partial charge < -0.3 is 5.11 Å². The van der Waals surface area contributed by atoms with Crippen molar-refractivity contribution in [3.05, 3.63) is 21.4 Å². The first kappa shape index (κ1) is 19.6. The van der Waals surface area contributed by atoms with Crippen LogP contribution in [0.4, 0.5) is 0 Å². The molecule has 6 rings (SSSR count). The molecule has 1 aromatic heterocycles. The molecular weight excluding hydrogens is 384 g/mol. The highest BCUT2D eigenvalue weighted by molar-refractivity contribution is 7.14. The molecule has 0 saturated heterocycles. The zero-order valence-electron chi connectivity index (χ0n) is 17.3. The van der Waals surface area contributed by atoms with Gasteiger partial charge in [0.25, 0.3) is 5.91 Å². The molecule has 0 aromatic carbocycles. The van der Waals surface area contributed by atoms with Crippen molar-refractivity contribution in [3.63, 3.8) is 0 Å². The Morgan fingerprint density at radius 1 is 1.21 bits per heavy atom. The molecular formula is C23H32N2O3S. The van der Waals surface area contributed by atoms with Crippen LogP contribution < -0.4 is 10.9 Å². The minimum absolute atomic E-state index is 0.0785. The van der Waals surface area contributed by atoms with Gasteiger partial charge in [0, 0.05) is 11.3 Å². The lowest BCUT2D eigenvalue weighted by molar-refractivity contribution is -0.169. The molecule has 5 atom stereocenters. The van der Waals surface area contributed by atoms with Crippen molar-refractivity contribution in [1.29, 1.82) is 0 Å². The summed E-state index contributed by atoms with van der Waals surface area (Å²) in [6.07, 6.45) is 10.8. The summed E-state index contributed by atoms with van der Waals surface area (Å²) in [7, 11) is 0. The van der Waals surface area contributed by atoms with E-state index in [2.05, 4.69) is 17.8 Å². The van der Waals surface area contributed by atoms with Gasteiger partial charge in [0.1, 0.15) is 0 Å². The number of hydrogen-bond donors (Lipinski definition) is 3. The summed E-state index contributed by atoms with van der Waals surface area (Å²) in [6.45, 7) is 2.23. The molecule has 3 N–H and O–H groups in total. The Morgan fingerprint density at radius 3 is 2.66 bits per heavy atom. The number of amides is 2. The average Bonchev–Trinajstić information content (AvgIpc) is 3.07. The molecule has 2 unspecified atom stereocenters. The van der Waals surface area contributed by atoms with Crippen molar-refractivity contribution in [2.45, 2.75) is 83.2 Å². The molecule has 29 heavy (non-hydrogen) atoms. The zero-order chi connectivity index (χ0) is 20.2. The number of hydrazine groups is 1. The molecule has 5 aliphatic carbocycles. The van der Waals surface area contributed by atoms with E-state index in [0.717, 1.165) is 50.9 Å². The molecule has 0 spiro atoms. The van der Waals surface area contributed by atoms with Gasteiger partial charge in [-0.2, -0.15) is 0 Å². The third-order valence-corrected chi connectivity index (χ3v) is 9.22. The average molecular weight is 417 g/mol. The zero-order valence-corrected chi connectivity index (χ0v) is 18.1. The number of thiophene rings is 1. The lowest BCUT2D eigenvalue weighted by Crippen LogP contribution is -2.57. The number of aryl methyl sites for hydroxylation is 1. The van der Waals surface area contributed by atoms with E-state index in [0.29, 0.717) is 23.1 Å². The van der Waals surface area contributed by atoms with E-state index in [1.807, 2.05) is 6.07 Å². The standard InChI is InChI=1S/C23H32N2O3S/c1-2-14-3-4-18-17(6-14)7-19(29-18)21(27)25-24-20(26)12-22-8-15-5-16(9-22)11-23(28,10-15)13-22/h7,14-16,28H,2-6,8-13H2,1H3,(H,24,26)(H,25,27)/t14-,15-,16+,22?,23?/m1/s1. The number of hydrogen-bond acceptors (Lipinski definition) is 4. The summed E-state index contributed by atoms with van der Waals surface area (Å²) in [5, 5.41) is 10.9. The topological polar surface area (TPSA) is 78.4 Å². The van der Waals surface area contributed by atoms with Crippen LogP contribution in [-0.2, 0) is 17.6 Å². The molecule has 5 nitrogen and oxygen atoms in total. The minimum atomic E-state index is -0.556. The van der Waals surface area contributed by atoms with Gasteiger partial charge in [0.05, 0.1) is 10.5 Å². The number of rotatable bonds is 4. The highest BCUT2D eigenvalue weighted by atomic mass is 32.1. The van der Waals surface area contributed by atoms with Crippen LogP contribution in [0.5, 0.6) is 0 Å². The van der Waals surface area contributed by atoms with Crippen molar-refractivity contribution in [2.75, 3.05) is 0 Å². The molecule has 6 heteroatoms. The van der Waals surface area contributed by atoms with Crippen molar-refractivity contribution < 1.29 is 14.7 Å². The van der Waals surface area contributed by atoms with Crippen molar-refractivity contribution >= 4 is 23.2 Å². The van der Waals surface area contributed by atoms with E-state index in [-0.39, 0.29) is 17.2 Å². The number of fused-ring (bicyclic) bond motifs is 1. The van der Waals surface area contributed by atoms with Gasteiger partial charge in [-0.1, -0.05) is 13.3 Å². The summed E-state index contributed by atoms with van der Waals surface area (Å²) in [5.74, 6) is 1.51. The second-order valence-corrected chi connectivity index (χ2v) is 11.6. The first-order chi connectivity index (χ1) is 13.9. The van der Waals surface area contributed by atoms with E-state index in [1.165, 1.54) is 29.7 Å². The second kappa shape index (κ2) is 7.09. The number of aliphatic hydroxyl groups is 1. The van der Waals surface area contributed by atoms with Gasteiger partial charge in [0.2, 0.25) is 5.91 Å². The molecule has 4 fully saturated rings. The Balaban J connectivity index is 1.18. The second-order valence-electron chi connectivity index (χ2n) is 10.4. The Bertz CT molecular complexity index is 818. The van der Waals surface area contributed by atoms with Crippen molar-refractivity contribution in [1.82, 2.24) is 10.9 Å². The smallest absolute Gasteiger partial charge is 0.279 e. The summed E-state index contributed by atoms with van der Waals surface area (Å²) in [6, 6.07) is 2.01. The van der Waals surface area contributed by atoms with E-state index in [4.69, 9.17) is 0 Å². The maximum absolute atomic E-state index is 12.6. The SMILES string of the molecule is CC[C@@H]1CCc2sc(C(=O)NNC(=O)CC34C[C@@H]5C[C@@H](CC(O)(C5)C3)C4)cc2C1. The fourth-order valence-corrected chi connectivity index (χ4v) is 8.34. The summed E-state index contributed by atoms with van der Waals surface area (Å²) < 4.78 is 0. The lowest BCUT2D eigenvalue weighted by Gasteiger charge is -2.60. The first-order valence-corrected chi connectivity index (χ1v) is 12.1. The first-order valence-electron chi connectivity index (χ1n) is 11.3. The molecule has 5 aliphatic rings. The summed E-state index contributed by atoms with van der Waals surface area (Å²) >= 11 is 1.57. The number of nitrogens with one attached hydrogen (secondary N) is 2. The fraction of sp³-hybridized carbons (Fsp3) is 0.739. The molecule has 1 heterocycles. The third kappa shape index (κ3) is 3.74. The van der Waals surface area contributed by atoms with Crippen LogP contribution in [0.2, 0.25) is 0 Å². The van der Waals surface area contributed by atoms with Gasteiger partial charge in [0.15, 0.2) is 0 Å². The molecule has 0 radical (unpaired) electrons. The van der Waals surface area contributed by atoms with E-state index < -0.39 is 5.60 Å². The molecule has 4 bridgehead atoms. The fourth-order valence-electron chi connectivity index (χ4n) is 7.24. The largest absolute Gasteiger partial charge is 0.390 e. The van der Waals surface area contributed by atoms with E-state index in [9.17, 15) is 14.7 Å². The third-order valence-electron chi connectivity index (χ3n) is 7.99. The Hall–Kier alpha value is -1.40. The predicted molar refractivity (Wildman–Crippen MR) is 112 cm³/mol. The van der Waals surface area contributed by atoms with Crippen molar-refractivity contribution in [3.8, 4) is 0 Å². The quantitative estimate of drug-likeness (QED) is 0.654. The normalized spacial score (nSPS) is 37.2. The maximum atomic E-state index is 12.6. The summed E-state index contributed by atoms with van der Waals surface area (Å²) in [4.78, 5) is 27.2. The molecule has 158 valence electrons. The Kier molecular flexibility index (Phi) is 4.78. The van der Waals surface area contributed by atoms with Crippen LogP contribution in [0.1, 0.15) is 84.8 Å². The molecule has 1 aromatic rings. The van der Waals surface area contributed by atoms with Gasteiger partial charge in [-0.3, -0.25) is 20.4 Å². The summed E-state index contributed by atoms with van der Waals surface area (Å²) in [5.41, 5.74) is 5.97. The van der Waals surface area contributed by atoms with Gasteiger partial charge in [-0.25, -0.2) is 0 Å². The van der Waals surface area contributed by atoms with Crippen LogP contribution >= 0.6 is 11.3 Å². The van der Waals surface area contributed by atoms with Crippen LogP contribution in [0.3, 0.4) is 0 Å². The lowest BCUT2D eigenvalue weighted by atomic mass is 9.47. The van der Waals surface area contributed by atoms with Gasteiger partial charge in [-0.05, 0) is 92.6 Å². The predicted octanol–water partition coefficient (Wildman–Crippen LogP) is 3.75. The van der Waals surface area contributed by atoms with Crippen LogP contribution in [0.15, 0.2) is 6.07 Å². The van der Waals surface area contributed by atoms with E-state index >= 15 is 0 Å². The molecule has 0 aliphatic heterocycles. The number of carbonyl (C=O) groups excluding carboxylic acids is 2.